The number of benzene rings is 2. The molecule has 1 aromatic heterocycles. The van der Waals surface area contributed by atoms with E-state index in [1.54, 1.807) is 22.4 Å². The molecule has 0 aliphatic heterocycles. The highest BCUT2D eigenvalue weighted by molar-refractivity contribution is 8.00. The molecule has 1 heterocycles. The Morgan fingerprint density at radius 1 is 1.23 bits per heavy atom. The minimum absolute atomic E-state index is 0.0800. The number of nitriles is 1. The van der Waals surface area contributed by atoms with E-state index in [-0.39, 0.29) is 22.5 Å². The number of amides is 1. The summed E-state index contributed by atoms with van der Waals surface area (Å²) in [6, 6.07) is 17.0. The SMILES string of the molecule is CCCn1c(SCC(=O)Nc2ccccc2SC(C)CC#N)nc2ccccc2c1=O. The molecule has 0 saturated heterocycles. The van der Waals surface area contributed by atoms with E-state index in [4.69, 9.17) is 5.26 Å². The standard InChI is InChI=1S/C23H24N4O2S2/c1-3-14-27-22(29)17-8-4-5-9-18(17)26-23(27)30-15-21(28)25-19-10-6-7-11-20(19)31-16(2)12-13-24/h4-11,16H,3,12,14-15H2,1-2H3,(H,25,28). The van der Waals surface area contributed by atoms with Crippen LogP contribution in [0.3, 0.4) is 0 Å². The van der Waals surface area contributed by atoms with Crippen LogP contribution in [0.5, 0.6) is 0 Å². The summed E-state index contributed by atoms with van der Waals surface area (Å²) in [6.45, 7) is 4.54. The fourth-order valence-corrected chi connectivity index (χ4v) is 4.87. The summed E-state index contributed by atoms with van der Waals surface area (Å²) in [7, 11) is 0. The quantitative estimate of drug-likeness (QED) is 0.366. The number of thioether (sulfide) groups is 2. The third kappa shape index (κ3) is 5.90. The lowest BCUT2D eigenvalue weighted by molar-refractivity contribution is -0.113. The fourth-order valence-electron chi connectivity index (χ4n) is 3.05. The normalized spacial score (nSPS) is 11.8. The van der Waals surface area contributed by atoms with E-state index in [9.17, 15) is 9.59 Å². The molecule has 1 N–H and O–H groups in total. The number of hydrogen-bond acceptors (Lipinski definition) is 6. The maximum atomic E-state index is 12.9. The molecule has 6 nitrogen and oxygen atoms in total. The van der Waals surface area contributed by atoms with Crippen LogP contribution in [0.15, 0.2) is 63.4 Å². The molecule has 160 valence electrons. The number of nitrogens with zero attached hydrogens (tertiary/aromatic N) is 3. The van der Waals surface area contributed by atoms with Gasteiger partial charge in [-0.3, -0.25) is 14.2 Å². The zero-order valence-corrected chi connectivity index (χ0v) is 19.1. The van der Waals surface area contributed by atoms with Gasteiger partial charge in [0.05, 0.1) is 28.4 Å². The molecule has 0 aliphatic carbocycles. The smallest absolute Gasteiger partial charge is 0.262 e. The minimum Gasteiger partial charge on any atom is -0.324 e. The lowest BCUT2D eigenvalue weighted by Crippen LogP contribution is -2.24. The van der Waals surface area contributed by atoms with Crippen molar-refractivity contribution >= 4 is 46.0 Å². The first-order valence-corrected chi connectivity index (χ1v) is 11.9. The van der Waals surface area contributed by atoms with Crippen molar-refractivity contribution in [3.05, 3.63) is 58.9 Å². The van der Waals surface area contributed by atoms with Gasteiger partial charge in [-0.2, -0.15) is 5.26 Å². The third-order valence-electron chi connectivity index (χ3n) is 4.47. The van der Waals surface area contributed by atoms with Crippen molar-refractivity contribution in [1.29, 1.82) is 5.26 Å². The van der Waals surface area contributed by atoms with Gasteiger partial charge in [0.1, 0.15) is 0 Å². The molecule has 0 bridgehead atoms. The molecule has 3 rings (SSSR count). The first-order valence-electron chi connectivity index (χ1n) is 10.1. The molecule has 0 saturated carbocycles. The van der Waals surface area contributed by atoms with Crippen molar-refractivity contribution in [2.24, 2.45) is 0 Å². The van der Waals surface area contributed by atoms with E-state index in [0.29, 0.717) is 29.0 Å². The number of para-hydroxylation sites is 2. The van der Waals surface area contributed by atoms with E-state index in [0.717, 1.165) is 17.0 Å². The summed E-state index contributed by atoms with van der Waals surface area (Å²) >= 11 is 2.82. The Morgan fingerprint density at radius 2 is 1.97 bits per heavy atom. The molecule has 8 heteroatoms. The van der Waals surface area contributed by atoms with Gasteiger partial charge < -0.3 is 5.32 Å². The Kier molecular flexibility index (Phi) is 8.15. The molecular weight excluding hydrogens is 428 g/mol. The van der Waals surface area contributed by atoms with Crippen molar-refractivity contribution < 1.29 is 4.79 Å². The Labute approximate surface area is 190 Å². The Hall–Kier alpha value is -2.76. The number of hydrogen-bond donors (Lipinski definition) is 1. The highest BCUT2D eigenvalue weighted by Gasteiger charge is 2.14. The largest absolute Gasteiger partial charge is 0.324 e. The van der Waals surface area contributed by atoms with Crippen LogP contribution in [0, 0.1) is 11.3 Å². The molecule has 2 aromatic carbocycles. The highest BCUT2D eigenvalue weighted by atomic mass is 32.2. The highest BCUT2D eigenvalue weighted by Crippen LogP contribution is 2.31. The van der Waals surface area contributed by atoms with Gasteiger partial charge in [-0.05, 0) is 30.7 Å². The first kappa shape index (κ1) is 22.9. The second kappa shape index (κ2) is 11.0. The molecule has 31 heavy (non-hydrogen) atoms. The number of fused-ring (bicyclic) bond motifs is 1. The summed E-state index contributed by atoms with van der Waals surface area (Å²) in [5.41, 5.74) is 1.28. The molecule has 1 unspecified atom stereocenters. The number of anilines is 1. The first-order chi connectivity index (χ1) is 15.0. The maximum Gasteiger partial charge on any atom is 0.262 e. The van der Waals surface area contributed by atoms with Crippen molar-refractivity contribution in [2.45, 2.75) is 48.5 Å². The molecule has 0 aliphatic rings. The lowest BCUT2D eigenvalue weighted by atomic mass is 10.2. The van der Waals surface area contributed by atoms with Gasteiger partial charge in [-0.1, -0.05) is 49.9 Å². The zero-order valence-electron chi connectivity index (χ0n) is 17.5. The van der Waals surface area contributed by atoms with Gasteiger partial charge in [0.15, 0.2) is 5.16 Å². The maximum absolute atomic E-state index is 12.9. The van der Waals surface area contributed by atoms with Gasteiger partial charge in [0, 0.05) is 23.1 Å². The van der Waals surface area contributed by atoms with Crippen LogP contribution in [-0.4, -0.2) is 26.5 Å². The average Bonchev–Trinajstić information content (AvgIpc) is 2.76. The Bertz CT molecular complexity index is 1170. The zero-order chi connectivity index (χ0) is 22.2. The molecule has 0 radical (unpaired) electrons. The van der Waals surface area contributed by atoms with E-state index in [1.165, 1.54) is 11.8 Å². The summed E-state index contributed by atoms with van der Waals surface area (Å²) in [6.07, 6.45) is 1.23. The van der Waals surface area contributed by atoms with Crippen molar-refractivity contribution in [2.75, 3.05) is 11.1 Å². The summed E-state index contributed by atoms with van der Waals surface area (Å²) in [5.74, 6) is -0.0298. The molecule has 0 fully saturated rings. The van der Waals surface area contributed by atoms with Crippen molar-refractivity contribution in [1.82, 2.24) is 9.55 Å². The number of aromatic nitrogens is 2. The van der Waals surface area contributed by atoms with E-state index in [1.807, 2.05) is 56.3 Å². The van der Waals surface area contributed by atoms with Crippen LogP contribution in [0.25, 0.3) is 10.9 Å². The Morgan fingerprint density at radius 3 is 2.74 bits per heavy atom. The van der Waals surface area contributed by atoms with Gasteiger partial charge in [-0.25, -0.2) is 4.98 Å². The second-order valence-corrected chi connectivity index (χ2v) is 9.41. The molecule has 1 amide bonds. The molecular formula is C23H24N4O2S2. The van der Waals surface area contributed by atoms with Crippen LogP contribution in [-0.2, 0) is 11.3 Å². The van der Waals surface area contributed by atoms with Crippen molar-refractivity contribution in [3.63, 3.8) is 0 Å². The van der Waals surface area contributed by atoms with E-state index >= 15 is 0 Å². The third-order valence-corrected chi connectivity index (χ3v) is 6.63. The number of rotatable bonds is 9. The second-order valence-electron chi connectivity index (χ2n) is 6.99. The fraction of sp³-hybridized carbons (Fsp3) is 0.304. The van der Waals surface area contributed by atoms with Gasteiger partial charge in [0.2, 0.25) is 5.91 Å². The van der Waals surface area contributed by atoms with Crippen LogP contribution in [0.1, 0.15) is 26.7 Å². The summed E-state index contributed by atoms with van der Waals surface area (Å²) in [5, 5.41) is 13.1. The van der Waals surface area contributed by atoms with E-state index in [2.05, 4.69) is 16.4 Å². The van der Waals surface area contributed by atoms with Gasteiger partial charge >= 0.3 is 0 Å². The average molecular weight is 453 g/mol. The number of nitrogens with one attached hydrogen (secondary N) is 1. The Balaban J connectivity index is 1.75. The van der Waals surface area contributed by atoms with Gasteiger partial charge in [0.25, 0.3) is 5.56 Å². The molecule has 0 spiro atoms. The van der Waals surface area contributed by atoms with E-state index < -0.39 is 0 Å². The van der Waals surface area contributed by atoms with Crippen LogP contribution < -0.4 is 10.9 Å². The number of carbonyl (C=O) groups is 1. The topological polar surface area (TPSA) is 87.8 Å². The van der Waals surface area contributed by atoms with Crippen LogP contribution in [0.2, 0.25) is 0 Å². The summed E-state index contributed by atoms with van der Waals surface area (Å²) in [4.78, 5) is 31.1. The predicted octanol–water partition coefficient (Wildman–Crippen LogP) is 4.93. The van der Waals surface area contributed by atoms with Crippen molar-refractivity contribution in [3.8, 4) is 6.07 Å². The number of carbonyl (C=O) groups excluding carboxylic acids is 1. The minimum atomic E-state index is -0.170. The monoisotopic (exact) mass is 452 g/mol. The molecule has 3 aromatic rings. The lowest BCUT2D eigenvalue weighted by Gasteiger charge is -2.14. The summed E-state index contributed by atoms with van der Waals surface area (Å²) < 4.78 is 1.65. The van der Waals surface area contributed by atoms with Crippen LogP contribution >= 0.6 is 23.5 Å². The van der Waals surface area contributed by atoms with Crippen LogP contribution in [0.4, 0.5) is 5.69 Å². The molecule has 1 atom stereocenters. The predicted molar refractivity (Wildman–Crippen MR) is 128 cm³/mol. The van der Waals surface area contributed by atoms with Gasteiger partial charge in [-0.15, -0.1) is 11.8 Å².